The van der Waals surface area contributed by atoms with Crippen LogP contribution in [0.2, 0.25) is 0 Å². The highest BCUT2D eigenvalue weighted by atomic mass is 16.6. The minimum absolute atomic E-state index is 0.00596. The average molecular weight is 617 g/mol. The topological polar surface area (TPSA) is 179 Å². The smallest absolute Gasteiger partial charge is 0.246 e. The normalized spacial score (nSPS) is 22.9. The lowest BCUT2D eigenvalue weighted by molar-refractivity contribution is -0.137. The van der Waals surface area contributed by atoms with Gasteiger partial charge >= 0.3 is 0 Å². The van der Waals surface area contributed by atoms with Gasteiger partial charge in [0.05, 0.1) is 46.1 Å². The van der Waals surface area contributed by atoms with Crippen molar-refractivity contribution in [3.05, 3.63) is 41.5 Å². The van der Waals surface area contributed by atoms with E-state index in [1.807, 2.05) is 4.90 Å². The predicted octanol–water partition coefficient (Wildman–Crippen LogP) is -0.244. The van der Waals surface area contributed by atoms with Crippen LogP contribution in [-0.2, 0) is 28.7 Å². The molecule has 4 rings (SSSR count). The second-order valence-electron chi connectivity index (χ2n) is 11.7. The number of rotatable bonds is 15. The van der Waals surface area contributed by atoms with E-state index in [2.05, 4.69) is 22.0 Å². The first-order valence-electron chi connectivity index (χ1n) is 15.1. The second kappa shape index (κ2) is 15.6. The molecule has 242 valence electrons. The summed E-state index contributed by atoms with van der Waals surface area (Å²) < 4.78 is 15.9. The van der Waals surface area contributed by atoms with Crippen LogP contribution in [0, 0.1) is 0 Å². The molecule has 1 aromatic rings. The number of hydrogen-bond acceptors (Lipinski definition) is 10. The molecule has 0 spiro atoms. The number of Topliss-reactive ketones (excluding diaryl/α,β-unsaturated/α-hetero) is 1. The molecule has 1 aromatic carbocycles. The summed E-state index contributed by atoms with van der Waals surface area (Å²) in [4.78, 5) is 55.1. The highest BCUT2D eigenvalue weighted by Gasteiger charge is 2.50. The maximum absolute atomic E-state index is 13.8. The van der Waals surface area contributed by atoms with Gasteiger partial charge in [-0.1, -0.05) is 23.8 Å². The van der Waals surface area contributed by atoms with Crippen molar-refractivity contribution in [3.8, 4) is 5.75 Å². The van der Waals surface area contributed by atoms with Crippen LogP contribution in [0.3, 0.4) is 0 Å². The van der Waals surface area contributed by atoms with Crippen molar-refractivity contribution in [2.75, 3.05) is 53.2 Å². The molecule has 5 N–H and O–H groups in total. The van der Waals surface area contributed by atoms with Crippen LogP contribution in [0.25, 0.3) is 0 Å². The van der Waals surface area contributed by atoms with Crippen molar-refractivity contribution in [2.45, 2.75) is 68.9 Å². The van der Waals surface area contributed by atoms with Gasteiger partial charge in [0.1, 0.15) is 29.5 Å². The van der Waals surface area contributed by atoms with E-state index in [-0.39, 0.29) is 18.9 Å². The van der Waals surface area contributed by atoms with Crippen LogP contribution in [0.4, 0.5) is 0 Å². The molecule has 0 aromatic heterocycles. The Morgan fingerprint density at radius 2 is 1.73 bits per heavy atom. The summed E-state index contributed by atoms with van der Waals surface area (Å²) in [7, 11) is 1.49. The Labute approximate surface area is 257 Å². The van der Waals surface area contributed by atoms with Gasteiger partial charge < -0.3 is 40.4 Å². The number of ketones is 1. The number of epoxide rings is 1. The van der Waals surface area contributed by atoms with Crippen molar-refractivity contribution in [1.82, 2.24) is 20.9 Å². The molecule has 1 aliphatic carbocycles. The van der Waals surface area contributed by atoms with Crippen LogP contribution < -0.4 is 20.7 Å². The van der Waals surface area contributed by atoms with Crippen LogP contribution in [0.5, 0.6) is 5.75 Å². The summed E-state index contributed by atoms with van der Waals surface area (Å²) in [6, 6.07) is 2.42. The molecule has 44 heavy (non-hydrogen) atoms. The van der Waals surface area contributed by atoms with Gasteiger partial charge in [0, 0.05) is 13.1 Å². The molecule has 0 saturated carbocycles. The SMILES string of the molecule is COc1ccc([C@@H](O)[C@H](NC(=O)C(CO)NC(=O)CN2CCOCC2)C(=O)NC(CC2=CCCCC2)C(=O)C2(C)CO2)cc1. The lowest BCUT2D eigenvalue weighted by atomic mass is 9.89. The minimum Gasteiger partial charge on any atom is -0.497 e. The number of aliphatic hydroxyl groups excluding tert-OH is 2. The number of hydrogen-bond donors (Lipinski definition) is 5. The quantitative estimate of drug-likeness (QED) is 0.130. The number of morpholine rings is 1. The summed E-state index contributed by atoms with van der Waals surface area (Å²) in [5.41, 5.74) is 0.352. The molecule has 3 aliphatic rings. The molecule has 13 heteroatoms. The average Bonchev–Trinajstić information content (AvgIpc) is 3.80. The van der Waals surface area contributed by atoms with Gasteiger partial charge in [-0.2, -0.15) is 0 Å². The maximum atomic E-state index is 13.8. The Bertz CT molecular complexity index is 1200. The van der Waals surface area contributed by atoms with Crippen LogP contribution >= 0.6 is 0 Å². The summed E-state index contributed by atoms with van der Waals surface area (Å²) in [6.07, 6.45) is 4.60. The van der Waals surface area contributed by atoms with E-state index in [0.717, 1.165) is 31.3 Å². The van der Waals surface area contributed by atoms with E-state index in [1.54, 1.807) is 31.2 Å². The molecule has 2 saturated heterocycles. The highest BCUT2D eigenvalue weighted by molar-refractivity contribution is 5.98. The summed E-state index contributed by atoms with van der Waals surface area (Å²) in [6.45, 7) is 3.27. The van der Waals surface area contributed by atoms with Gasteiger partial charge in [0.2, 0.25) is 17.7 Å². The first-order chi connectivity index (χ1) is 21.1. The molecule has 5 atom stereocenters. The molecule has 2 heterocycles. The Morgan fingerprint density at radius 1 is 1.02 bits per heavy atom. The van der Waals surface area contributed by atoms with Crippen molar-refractivity contribution in [2.24, 2.45) is 0 Å². The molecule has 3 unspecified atom stereocenters. The summed E-state index contributed by atoms with van der Waals surface area (Å²) in [5.74, 6) is -1.91. The Morgan fingerprint density at radius 3 is 2.32 bits per heavy atom. The summed E-state index contributed by atoms with van der Waals surface area (Å²) in [5, 5.41) is 29.1. The number of methoxy groups -OCH3 is 1. The van der Waals surface area contributed by atoms with Crippen molar-refractivity contribution in [3.63, 3.8) is 0 Å². The first-order valence-corrected chi connectivity index (χ1v) is 15.1. The highest BCUT2D eigenvalue weighted by Crippen LogP contribution is 2.31. The zero-order valence-electron chi connectivity index (χ0n) is 25.4. The van der Waals surface area contributed by atoms with Crippen molar-refractivity contribution >= 4 is 23.5 Å². The fourth-order valence-electron chi connectivity index (χ4n) is 5.37. The fraction of sp³-hybridized carbons (Fsp3) is 0.613. The number of allylic oxidation sites excluding steroid dienone is 1. The number of amides is 3. The van der Waals surface area contributed by atoms with Gasteiger partial charge in [-0.3, -0.25) is 24.1 Å². The maximum Gasteiger partial charge on any atom is 0.246 e. The number of ether oxygens (including phenoxy) is 3. The standard InChI is InChI=1S/C31H44N4O9/c1-31(19-44-31)28(39)23(16-20-6-4-3-5-7-20)33-30(41)26(27(38)21-8-10-22(42-2)11-9-21)34-29(40)24(18-36)32-25(37)17-35-12-14-43-15-13-35/h6,8-11,23-24,26-27,36,38H,3-5,7,12-19H2,1-2H3,(H,32,37)(H,33,41)(H,34,40)/t23?,24?,26-,27+,31?/m0/s1. The molecule has 0 bridgehead atoms. The number of aliphatic hydroxyl groups is 2. The summed E-state index contributed by atoms with van der Waals surface area (Å²) >= 11 is 0. The van der Waals surface area contributed by atoms with Gasteiger partial charge in [-0.05, 0) is 56.7 Å². The number of carbonyl (C=O) groups is 4. The molecule has 2 aliphatic heterocycles. The largest absolute Gasteiger partial charge is 0.497 e. The zero-order valence-corrected chi connectivity index (χ0v) is 25.4. The van der Waals surface area contributed by atoms with Crippen LogP contribution in [0.1, 0.15) is 50.7 Å². The number of nitrogens with one attached hydrogen (secondary N) is 3. The molecule has 0 radical (unpaired) electrons. The van der Waals surface area contributed by atoms with Gasteiger partial charge in [0.25, 0.3) is 0 Å². The molecular formula is C31H44N4O9. The molecule has 3 amide bonds. The third-order valence-corrected chi connectivity index (χ3v) is 8.24. The van der Waals surface area contributed by atoms with Gasteiger partial charge in [0.15, 0.2) is 5.78 Å². The van der Waals surface area contributed by atoms with E-state index in [0.29, 0.717) is 44.0 Å². The van der Waals surface area contributed by atoms with Crippen molar-refractivity contribution in [1.29, 1.82) is 0 Å². The Kier molecular flexibility index (Phi) is 11.9. The van der Waals surface area contributed by atoms with Crippen LogP contribution in [-0.4, -0.2) is 116 Å². The molecule has 13 nitrogen and oxygen atoms in total. The van der Waals surface area contributed by atoms with Crippen molar-refractivity contribution < 1.29 is 43.6 Å². The number of benzene rings is 1. The second-order valence-corrected chi connectivity index (χ2v) is 11.7. The fourth-order valence-corrected chi connectivity index (χ4v) is 5.37. The number of nitrogens with zero attached hydrogens (tertiary/aromatic N) is 1. The van der Waals surface area contributed by atoms with E-state index >= 15 is 0 Å². The Hall–Kier alpha value is -3.36. The van der Waals surface area contributed by atoms with E-state index in [1.165, 1.54) is 7.11 Å². The molecular weight excluding hydrogens is 572 g/mol. The van der Waals surface area contributed by atoms with Gasteiger partial charge in [-0.25, -0.2) is 0 Å². The number of carbonyl (C=O) groups excluding carboxylic acids is 4. The zero-order chi connectivity index (χ0) is 31.7. The lowest BCUT2D eigenvalue weighted by Crippen LogP contribution is -2.59. The third-order valence-electron chi connectivity index (χ3n) is 8.24. The van der Waals surface area contributed by atoms with E-state index in [9.17, 15) is 29.4 Å². The third kappa shape index (κ3) is 9.08. The van der Waals surface area contributed by atoms with Gasteiger partial charge in [-0.15, -0.1) is 0 Å². The monoisotopic (exact) mass is 616 g/mol. The predicted molar refractivity (Wildman–Crippen MR) is 159 cm³/mol. The lowest BCUT2D eigenvalue weighted by Gasteiger charge is -2.29. The first kappa shape index (κ1) is 33.5. The van der Waals surface area contributed by atoms with Crippen LogP contribution in [0.15, 0.2) is 35.9 Å². The minimum atomic E-state index is -1.57. The Balaban J connectivity index is 1.52. The van der Waals surface area contributed by atoms with E-state index in [4.69, 9.17) is 14.2 Å². The molecule has 2 fully saturated rings. The van der Waals surface area contributed by atoms with E-state index < -0.39 is 54.2 Å².